The Hall–Kier alpha value is -2.80. The van der Waals surface area contributed by atoms with Crippen LogP contribution in [-0.2, 0) is 10.0 Å². The maximum atomic E-state index is 12.6. The molecule has 0 bridgehead atoms. The van der Waals surface area contributed by atoms with Crippen molar-refractivity contribution in [1.29, 1.82) is 0 Å². The normalized spacial score (nSPS) is 11.3. The number of anilines is 1. The van der Waals surface area contributed by atoms with Gasteiger partial charge in [-0.25, -0.2) is 0 Å². The minimum atomic E-state index is -3.84. The summed E-state index contributed by atoms with van der Waals surface area (Å²) < 4.78 is 31.4. The van der Waals surface area contributed by atoms with Crippen LogP contribution in [-0.4, -0.2) is 24.7 Å². The second kappa shape index (κ2) is 5.77. The predicted molar refractivity (Wildman–Crippen MR) is 87.7 cm³/mol. The van der Waals surface area contributed by atoms with Gasteiger partial charge in [-0.2, -0.15) is 13.5 Å². The molecule has 0 radical (unpaired) electrons. The van der Waals surface area contributed by atoms with Gasteiger partial charge >= 0.3 is 0 Å². The Balaban J connectivity index is 2.12. The standard InChI is InChI=1S/C16H15N3O3S/c1-22-15-10-6-5-9-13(15)14-11-16(17)19(18-14)23(20,21)12-7-3-2-4-8-12/h2-11H,17H2,1H3. The van der Waals surface area contributed by atoms with Gasteiger partial charge in [0.25, 0.3) is 10.0 Å². The fourth-order valence-corrected chi connectivity index (χ4v) is 3.48. The molecule has 0 aliphatic carbocycles. The first-order valence-electron chi connectivity index (χ1n) is 6.83. The molecule has 3 rings (SSSR count). The molecule has 2 N–H and O–H groups in total. The summed E-state index contributed by atoms with van der Waals surface area (Å²) in [5.74, 6) is 0.629. The van der Waals surface area contributed by atoms with Crippen molar-refractivity contribution in [3.05, 3.63) is 60.7 Å². The van der Waals surface area contributed by atoms with Gasteiger partial charge in [-0.05, 0) is 24.3 Å². The number of methoxy groups -OCH3 is 1. The highest BCUT2D eigenvalue weighted by Gasteiger charge is 2.22. The number of nitrogens with two attached hydrogens (primary N) is 1. The Kier molecular flexibility index (Phi) is 3.79. The fraction of sp³-hybridized carbons (Fsp3) is 0.0625. The summed E-state index contributed by atoms with van der Waals surface area (Å²) in [6.45, 7) is 0. The lowest BCUT2D eigenvalue weighted by atomic mass is 10.1. The van der Waals surface area contributed by atoms with E-state index in [9.17, 15) is 8.42 Å². The van der Waals surface area contributed by atoms with Crippen molar-refractivity contribution >= 4 is 15.8 Å². The molecular weight excluding hydrogens is 314 g/mol. The maximum absolute atomic E-state index is 12.6. The lowest BCUT2D eigenvalue weighted by molar-refractivity contribution is 0.416. The van der Waals surface area contributed by atoms with E-state index in [0.717, 1.165) is 4.09 Å². The topological polar surface area (TPSA) is 87.2 Å². The molecule has 0 saturated carbocycles. The molecule has 0 unspecified atom stereocenters. The van der Waals surface area contributed by atoms with Gasteiger partial charge < -0.3 is 10.5 Å². The smallest absolute Gasteiger partial charge is 0.284 e. The van der Waals surface area contributed by atoms with Crippen LogP contribution in [0.1, 0.15) is 0 Å². The van der Waals surface area contributed by atoms with Gasteiger partial charge in [-0.3, -0.25) is 0 Å². The van der Waals surface area contributed by atoms with Gasteiger partial charge in [0, 0.05) is 11.6 Å². The number of aromatic nitrogens is 2. The number of hydrogen-bond acceptors (Lipinski definition) is 5. The third-order valence-corrected chi connectivity index (χ3v) is 4.97. The van der Waals surface area contributed by atoms with Gasteiger partial charge in [0.05, 0.1) is 17.7 Å². The number of rotatable bonds is 4. The number of para-hydroxylation sites is 1. The van der Waals surface area contributed by atoms with Crippen LogP contribution in [0.3, 0.4) is 0 Å². The zero-order valence-corrected chi connectivity index (χ0v) is 13.2. The summed E-state index contributed by atoms with van der Waals surface area (Å²) in [5, 5.41) is 4.16. The third kappa shape index (κ3) is 2.66. The molecule has 118 valence electrons. The molecule has 23 heavy (non-hydrogen) atoms. The molecular formula is C16H15N3O3S. The van der Waals surface area contributed by atoms with E-state index in [1.54, 1.807) is 37.4 Å². The first-order valence-corrected chi connectivity index (χ1v) is 8.27. The van der Waals surface area contributed by atoms with Gasteiger partial charge in [0.2, 0.25) is 0 Å². The molecule has 0 spiro atoms. The van der Waals surface area contributed by atoms with E-state index in [1.807, 2.05) is 12.1 Å². The number of benzene rings is 2. The highest BCUT2D eigenvalue weighted by atomic mass is 32.2. The van der Waals surface area contributed by atoms with Crippen LogP contribution in [0, 0.1) is 0 Å². The molecule has 0 saturated heterocycles. The lowest BCUT2D eigenvalue weighted by Crippen LogP contribution is -2.16. The van der Waals surface area contributed by atoms with Crippen LogP contribution < -0.4 is 10.5 Å². The zero-order valence-electron chi connectivity index (χ0n) is 12.4. The lowest BCUT2D eigenvalue weighted by Gasteiger charge is -2.06. The van der Waals surface area contributed by atoms with E-state index in [2.05, 4.69) is 5.10 Å². The van der Waals surface area contributed by atoms with E-state index < -0.39 is 10.0 Å². The number of nitrogens with zero attached hydrogens (tertiary/aromatic N) is 2. The van der Waals surface area contributed by atoms with E-state index in [-0.39, 0.29) is 10.7 Å². The Morgan fingerprint density at radius 3 is 2.39 bits per heavy atom. The fourth-order valence-electron chi connectivity index (χ4n) is 2.25. The average Bonchev–Trinajstić information content (AvgIpc) is 2.98. The highest BCUT2D eigenvalue weighted by Crippen LogP contribution is 2.30. The van der Waals surface area contributed by atoms with E-state index in [4.69, 9.17) is 10.5 Å². The summed E-state index contributed by atoms with van der Waals surface area (Å²) in [7, 11) is -2.30. The molecule has 0 atom stereocenters. The van der Waals surface area contributed by atoms with Crippen LogP contribution in [0.5, 0.6) is 5.75 Å². The Morgan fingerprint density at radius 2 is 1.70 bits per heavy atom. The van der Waals surface area contributed by atoms with Crippen LogP contribution in [0.15, 0.2) is 65.6 Å². The quantitative estimate of drug-likeness (QED) is 0.794. The molecule has 2 aromatic carbocycles. The van der Waals surface area contributed by atoms with Gasteiger partial charge in [-0.15, -0.1) is 4.09 Å². The molecule has 1 aromatic heterocycles. The van der Waals surface area contributed by atoms with Gasteiger partial charge in [-0.1, -0.05) is 30.3 Å². The zero-order chi connectivity index (χ0) is 16.4. The maximum Gasteiger partial charge on any atom is 0.284 e. The number of nitrogen functional groups attached to an aromatic ring is 1. The second-order valence-electron chi connectivity index (χ2n) is 4.82. The van der Waals surface area contributed by atoms with Crippen LogP contribution in [0.25, 0.3) is 11.3 Å². The molecule has 6 nitrogen and oxygen atoms in total. The molecule has 0 amide bonds. The first kappa shape index (κ1) is 15.1. The average molecular weight is 329 g/mol. The first-order chi connectivity index (χ1) is 11.0. The number of ether oxygens (including phenoxy) is 1. The van der Waals surface area contributed by atoms with E-state index in [0.29, 0.717) is 17.0 Å². The molecule has 1 heterocycles. The predicted octanol–water partition coefficient (Wildman–Crippen LogP) is 2.38. The van der Waals surface area contributed by atoms with Crippen LogP contribution in [0.4, 0.5) is 5.82 Å². The minimum Gasteiger partial charge on any atom is -0.496 e. The van der Waals surface area contributed by atoms with E-state index >= 15 is 0 Å². The summed E-state index contributed by atoms with van der Waals surface area (Å²) in [5.41, 5.74) is 6.97. The molecule has 3 aromatic rings. The monoisotopic (exact) mass is 329 g/mol. The van der Waals surface area contributed by atoms with Gasteiger partial charge in [0.15, 0.2) is 0 Å². The summed E-state index contributed by atoms with van der Waals surface area (Å²) in [4.78, 5) is 0.126. The molecule has 0 aliphatic rings. The summed E-state index contributed by atoms with van der Waals surface area (Å²) in [6, 6.07) is 16.8. The van der Waals surface area contributed by atoms with Crippen molar-refractivity contribution in [2.75, 3.05) is 12.8 Å². The van der Waals surface area contributed by atoms with Crippen molar-refractivity contribution < 1.29 is 13.2 Å². The Morgan fingerprint density at radius 1 is 1.04 bits per heavy atom. The molecule has 7 heteroatoms. The highest BCUT2D eigenvalue weighted by molar-refractivity contribution is 7.90. The van der Waals surface area contributed by atoms with E-state index in [1.165, 1.54) is 18.2 Å². The van der Waals surface area contributed by atoms with Crippen molar-refractivity contribution in [3.63, 3.8) is 0 Å². The third-order valence-electron chi connectivity index (χ3n) is 3.36. The largest absolute Gasteiger partial charge is 0.496 e. The minimum absolute atomic E-state index is 0.0368. The van der Waals surface area contributed by atoms with Crippen molar-refractivity contribution in [2.24, 2.45) is 0 Å². The van der Waals surface area contributed by atoms with Crippen molar-refractivity contribution in [2.45, 2.75) is 4.90 Å². The van der Waals surface area contributed by atoms with Crippen LogP contribution in [0.2, 0.25) is 0 Å². The SMILES string of the molecule is COc1ccccc1-c1cc(N)n(S(=O)(=O)c2ccccc2)n1. The Labute approximate surface area is 134 Å². The van der Waals surface area contributed by atoms with Crippen LogP contribution >= 0.6 is 0 Å². The number of hydrogen-bond donors (Lipinski definition) is 1. The van der Waals surface area contributed by atoms with Gasteiger partial charge in [0.1, 0.15) is 11.6 Å². The van der Waals surface area contributed by atoms with Crippen molar-refractivity contribution in [1.82, 2.24) is 9.19 Å². The summed E-state index contributed by atoms with van der Waals surface area (Å²) >= 11 is 0. The molecule has 0 aliphatic heterocycles. The van der Waals surface area contributed by atoms with Crippen molar-refractivity contribution in [3.8, 4) is 17.0 Å². The summed E-state index contributed by atoms with van der Waals surface area (Å²) in [6.07, 6.45) is 0. The Bertz CT molecular complexity index is 934. The molecule has 0 fully saturated rings. The second-order valence-corrected chi connectivity index (χ2v) is 6.58.